The van der Waals surface area contributed by atoms with Gasteiger partial charge in [0.25, 0.3) is 11.8 Å². The highest BCUT2D eigenvalue weighted by molar-refractivity contribution is 6.07. The minimum atomic E-state index is -0.239. The predicted molar refractivity (Wildman–Crippen MR) is 103 cm³/mol. The minimum absolute atomic E-state index is 0.0244. The molecule has 0 saturated carbocycles. The minimum Gasteiger partial charge on any atom is -0.459 e. The van der Waals surface area contributed by atoms with Gasteiger partial charge in [-0.25, -0.2) is 0 Å². The molecule has 0 spiro atoms. The summed E-state index contributed by atoms with van der Waals surface area (Å²) in [5.74, 6) is 0.0826. The van der Waals surface area contributed by atoms with E-state index in [9.17, 15) is 9.59 Å². The fourth-order valence-corrected chi connectivity index (χ4v) is 3.39. The van der Waals surface area contributed by atoms with E-state index in [1.807, 2.05) is 48.2 Å². The van der Waals surface area contributed by atoms with Crippen LogP contribution in [-0.2, 0) is 13.0 Å². The Morgan fingerprint density at radius 2 is 2.00 bits per heavy atom. The van der Waals surface area contributed by atoms with Gasteiger partial charge >= 0.3 is 0 Å². The molecule has 1 N–H and O–H groups in total. The van der Waals surface area contributed by atoms with E-state index in [4.69, 9.17) is 4.42 Å². The van der Waals surface area contributed by atoms with Gasteiger partial charge < -0.3 is 14.6 Å². The Morgan fingerprint density at radius 1 is 1.11 bits per heavy atom. The Morgan fingerprint density at radius 3 is 2.78 bits per heavy atom. The van der Waals surface area contributed by atoms with Gasteiger partial charge in [-0.15, -0.1) is 0 Å². The molecule has 0 radical (unpaired) electrons. The third kappa shape index (κ3) is 3.49. The lowest BCUT2D eigenvalue weighted by atomic mass is 10.1. The van der Waals surface area contributed by atoms with Crippen molar-refractivity contribution < 1.29 is 14.0 Å². The number of anilines is 1. The van der Waals surface area contributed by atoms with Crippen LogP contribution in [0, 0.1) is 6.92 Å². The van der Waals surface area contributed by atoms with Crippen molar-refractivity contribution in [3.05, 3.63) is 88.9 Å². The lowest BCUT2D eigenvalue weighted by Crippen LogP contribution is -2.28. The second-order valence-corrected chi connectivity index (χ2v) is 6.70. The molecule has 27 heavy (non-hydrogen) atoms. The molecule has 0 unspecified atom stereocenters. The lowest BCUT2D eigenvalue weighted by molar-refractivity contribution is 0.0922. The van der Waals surface area contributed by atoms with Crippen molar-refractivity contribution in [2.75, 3.05) is 11.4 Å². The van der Waals surface area contributed by atoms with Gasteiger partial charge in [-0.05, 0) is 54.8 Å². The van der Waals surface area contributed by atoms with Gasteiger partial charge in [0, 0.05) is 24.3 Å². The first-order valence-corrected chi connectivity index (χ1v) is 8.94. The summed E-state index contributed by atoms with van der Waals surface area (Å²) in [6.45, 7) is 3.07. The maximum Gasteiger partial charge on any atom is 0.287 e. The number of rotatable bonds is 4. The quantitative estimate of drug-likeness (QED) is 0.771. The van der Waals surface area contributed by atoms with Crippen molar-refractivity contribution >= 4 is 17.5 Å². The number of fused-ring (bicyclic) bond motifs is 1. The summed E-state index contributed by atoms with van der Waals surface area (Å²) in [6, 6.07) is 16.9. The van der Waals surface area contributed by atoms with Gasteiger partial charge in [-0.1, -0.05) is 29.8 Å². The molecule has 3 aromatic rings. The van der Waals surface area contributed by atoms with Crippen LogP contribution in [0.1, 0.15) is 37.6 Å². The first kappa shape index (κ1) is 17.1. The topological polar surface area (TPSA) is 62.6 Å². The van der Waals surface area contributed by atoms with Gasteiger partial charge in [0.1, 0.15) is 0 Å². The first-order chi connectivity index (χ1) is 13.1. The third-order valence-electron chi connectivity index (χ3n) is 4.75. The molecular formula is C22H20N2O3. The van der Waals surface area contributed by atoms with Gasteiger partial charge in [-0.2, -0.15) is 0 Å². The summed E-state index contributed by atoms with van der Waals surface area (Å²) in [7, 11) is 0. The van der Waals surface area contributed by atoms with Crippen molar-refractivity contribution in [1.29, 1.82) is 0 Å². The summed E-state index contributed by atoms with van der Waals surface area (Å²) in [6.07, 6.45) is 2.29. The number of benzene rings is 2. The molecule has 0 saturated heterocycles. The van der Waals surface area contributed by atoms with Crippen molar-refractivity contribution in [3.63, 3.8) is 0 Å². The molecule has 1 aliphatic heterocycles. The number of carbonyl (C=O) groups excluding carboxylic acids is 2. The molecule has 2 heterocycles. The number of aryl methyl sites for hydroxylation is 1. The molecule has 0 fully saturated rings. The summed E-state index contributed by atoms with van der Waals surface area (Å²) < 4.78 is 5.09. The molecule has 4 rings (SSSR count). The summed E-state index contributed by atoms with van der Waals surface area (Å²) in [5.41, 5.74) is 4.85. The zero-order valence-electron chi connectivity index (χ0n) is 15.1. The molecule has 0 bridgehead atoms. The standard InChI is InChI=1S/C22H20N2O3/c1-15-4-2-5-18(12-15)22(26)24-10-9-17-13-16(7-8-19(17)24)14-23-21(25)20-6-3-11-27-20/h2-8,11-13H,9-10,14H2,1H3,(H,23,25). The zero-order valence-corrected chi connectivity index (χ0v) is 15.1. The molecule has 5 nitrogen and oxygen atoms in total. The maximum absolute atomic E-state index is 12.9. The Bertz CT molecular complexity index is 993. The average Bonchev–Trinajstić information content (AvgIpc) is 3.35. The molecule has 2 amide bonds. The van der Waals surface area contributed by atoms with Crippen molar-refractivity contribution in [3.8, 4) is 0 Å². The van der Waals surface area contributed by atoms with Crippen LogP contribution in [0.5, 0.6) is 0 Å². The Labute approximate surface area is 157 Å². The smallest absolute Gasteiger partial charge is 0.287 e. The van der Waals surface area contributed by atoms with Gasteiger partial charge in [0.05, 0.1) is 6.26 Å². The molecular weight excluding hydrogens is 340 g/mol. The second-order valence-electron chi connectivity index (χ2n) is 6.70. The summed E-state index contributed by atoms with van der Waals surface area (Å²) in [5, 5.41) is 2.85. The van der Waals surface area contributed by atoms with Crippen molar-refractivity contribution in [1.82, 2.24) is 5.32 Å². The van der Waals surface area contributed by atoms with Crippen LogP contribution in [0.15, 0.2) is 65.3 Å². The fourth-order valence-electron chi connectivity index (χ4n) is 3.39. The van der Waals surface area contributed by atoms with Gasteiger partial charge in [0.2, 0.25) is 0 Å². The summed E-state index contributed by atoms with van der Waals surface area (Å²) >= 11 is 0. The number of hydrogen-bond donors (Lipinski definition) is 1. The van der Waals surface area contributed by atoms with Gasteiger partial charge in [-0.3, -0.25) is 9.59 Å². The average molecular weight is 360 g/mol. The number of amides is 2. The monoisotopic (exact) mass is 360 g/mol. The Kier molecular flexibility index (Phi) is 4.50. The molecule has 1 aromatic heterocycles. The number of carbonyl (C=O) groups is 2. The SMILES string of the molecule is Cc1cccc(C(=O)N2CCc3cc(CNC(=O)c4ccco4)ccc32)c1. The molecule has 136 valence electrons. The highest BCUT2D eigenvalue weighted by atomic mass is 16.3. The van der Waals surface area contributed by atoms with E-state index in [1.54, 1.807) is 12.1 Å². The van der Waals surface area contributed by atoms with E-state index < -0.39 is 0 Å². The van der Waals surface area contributed by atoms with Gasteiger partial charge in [0.15, 0.2) is 5.76 Å². The number of nitrogens with zero attached hydrogens (tertiary/aromatic N) is 1. The van der Waals surface area contributed by atoms with E-state index in [0.29, 0.717) is 24.4 Å². The summed E-state index contributed by atoms with van der Waals surface area (Å²) in [4.78, 5) is 26.7. The molecule has 5 heteroatoms. The Balaban J connectivity index is 1.47. The number of hydrogen-bond acceptors (Lipinski definition) is 3. The van der Waals surface area contributed by atoms with E-state index in [-0.39, 0.29) is 11.8 Å². The lowest BCUT2D eigenvalue weighted by Gasteiger charge is -2.18. The largest absolute Gasteiger partial charge is 0.459 e. The molecule has 0 atom stereocenters. The van der Waals surface area contributed by atoms with Crippen LogP contribution >= 0.6 is 0 Å². The second kappa shape index (κ2) is 7.11. The number of furan rings is 1. The van der Waals surface area contributed by atoms with Crippen LogP contribution in [0.25, 0.3) is 0 Å². The van der Waals surface area contributed by atoms with Crippen LogP contribution < -0.4 is 10.2 Å². The van der Waals surface area contributed by atoms with Crippen LogP contribution in [0.2, 0.25) is 0 Å². The predicted octanol–water partition coefficient (Wildman–Crippen LogP) is 3.72. The molecule has 0 aliphatic carbocycles. The molecule has 2 aromatic carbocycles. The number of nitrogens with one attached hydrogen (secondary N) is 1. The van der Waals surface area contributed by atoms with E-state index in [2.05, 4.69) is 11.4 Å². The van der Waals surface area contributed by atoms with Crippen LogP contribution in [0.4, 0.5) is 5.69 Å². The highest BCUT2D eigenvalue weighted by Gasteiger charge is 2.25. The normalized spacial score (nSPS) is 12.7. The fraction of sp³-hybridized carbons (Fsp3) is 0.182. The molecule has 1 aliphatic rings. The van der Waals surface area contributed by atoms with Crippen molar-refractivity contribution in [2.45, 2.75) is 19.9 Å². The first-order valence-electron chi connectivity index (χ1n) is 8.94. The van der Waals surface area contributed by atoms with Crippen LogP contribution in [-0.4, -0.2) is 18.4 Å². The van der Waals surface area contributed by atoms with E-state index in [1.165, 1.54) is 6.26 Å². The van der Waals surface area contributed by atoms with Crippen molar-refractivity contribution in [2.24, 2.45) is 0 Å². The van der Waals surface area contributed by atoms with Crippen LogP contribution in [0.3, 0.4) is 0 Å². The maximum atomic E-state index is 12.9. The highest BCUT2D eigenvalue weighted by Crippen LogP contribution is 2.30. The third-order valence-corrected chi connectivity index (χ3v) is 4.75. The zero-order chi connectivity index (χ0) is 18.8. The van der Waals surface area contributed by atoms with E-state index >= 15 is 0 Å². The Hall–Kier alpha value is -3.34. The van der Waals surface area contributed by atoms with E-state index in [0.717, 1.165) is 28.8 Å².